The van der Waals surface area contributed by atoms with Crippen LogP contribution in [0, 0.1) is 6.92 Å². The summed E-state index contributed by atoms with van der Waals surface area (Å²) in [5.41, 5.74) is 1.20. The first-order chi connectivity index (χ1) is 10.6. The number of rotatable bonds is 3. The van der Waals surface area contributed by atoms with Crippen LogP contribution in [0.2, 0.25) is 0 Å². The third-order valence-corrected chi connectivity index (χ3v) is 7.56. The van der Waals surface area contributed by atoms with Gasteiger partial charge in [0, 0.05) is 36.8 Å². The predicted molar refractivity (Wildman–Crippen MR) is 93.6 cm³/mol. The van der Waals surface area contributed by atoms with Gasteiger partial charge in [0.2, 0.25) is 7.29 Å². The Balaban J connectivity index is 2.06. The molecule has 0 N–H and O–H groups in total. The Morgan fingerprint density at radius 3 is 1.95 bits per heavy atom. The molecule has 2 aromatic carbocycles. The Labute approximate surface area is 133 Å². The number of aryl methyl sites for hydroxylation is 1. The minimum Gasteiger partial charge on any atom is -0.304 e. The average molecular weight is 314 g/mol. The van der Waals surface area contributed by atoms with Gasteiger partial charge in [-0.05, 0) is 38.2 Å². The smallest absolute Gasteiger partial charge is 0.207 e. The fraction of sp³-hybridized carbons (Fsp3) is 0.333. The van der Waals surface area contributed by atoms with E-state index in [-0.39, 0.29) is 0 Å². The van der Waals surface area contributed by atoms with Gasteiger partial charge in [0.25, 0.3) is 0 Å². The summed E-state index contributed by atoms with van der Waals surface area (Å²) in [6.45, 7) is 5.67. The van der Waals surface area contributed by atoms with Gasteiger partial charge in [-0.15, -0.1) is 0 Å². The molecule has 1 atom stereocenters. The first-order valence-electron chi connectivity index (χ1n) is 7.77. The van der Waals surface area contributed by atoms with Crippen LogP contribution in [0.1, 0.15) is 5.56 Å². The maximum atomic E-state index is 14.1. The zero-order valence-electron chi connectivity index (χ0n) is 13.3. The summed E-state index contributed by atoms with van der Waals surface area (Å²) in [5.74, 6) is 0. The largest absolute Gasteiger partial charge is 0.304 e. The van der Waals surface area contributed by atoms with E-state index in [1.165, 1.54) is 5.56 Å². The first-order valence-corrected chi connectivity index (χ1v) is 9.43. The van der Waals surface area contributed by atoms with Gasteiger partial charge < -0.3 is 4.90 Å². The molecule has 0 radical (unpaired) electrons. The van der Waals surface area contributed by atoms with Crippen LogP contribution in [0.3, 0.4) is 0 Å². The van der Waals surface area contributed by atoms with E-state index in [9.17, 15) is 4.57 Å². The highest BCUT2D eigenvalue weighted by molar-refractivity contribution is 7.76. The number of likely N-dealkylation sites (N-methyl/N-ethyl adjacent to an activating group) is 1. The molecular weight excluding hydrogens is 291 g/mol. The van der Waals surface area contributed by atoms with Crippen LogP contribution < -0.4 is 10.6 Å². The maximum Gasteiger partial charge on any atom is 0.207 e. The molecule has 0 amide bonds. The van der Waals surface area contributed by atoms with Crippen molar-refractivity contribution in [2.24, 2.45) is 0 Å². The highest BCUT2D eigenvalue weighted by Crippen LogP contribution is 2.47. The van der Waals surface area contributed by atoms with E-state index >= 15 is 0 Å². The lowest BCUT2D eigenvalue weighted by atomic mass is 10.2. The Kier molecular flexibility index (Phi) is 4.49. The Hall–Kier alpha value is -1.41. The maximum absolute atomic E-state index is 14.1. The fourth-order valence-corrected chi connectivity index (χ4v) is 5.75. The highest BCUT2D eigenvalue weighted by atomic mass is 31.2. The number of hydrogen-bond acceptors (Lipinski definition) is 2. The van der Waals surface area contributed by atoms with Crippen molar-refractivity contribution >= 4 is 17.9 Å². The molecule has 2 aromatic rings. The first kappa shape index (κ1) is 15.5. The minimum absolute atomic E-state index is 0.844. The van der Waals surface area contributed by atoms with Crippen LogP contribution in [-0.4, -0.2) is 42.8 Å². The molecule has 4 heteroatoms. The van der Waals surface area contributed by atoms with E-state index in [2.05, 4.69) is 35.7 Å². The summed E-state index contributed by atoms with van der Waals surface area (Å²) in [6.07, 6.45) is 0. The van der Waals surface area contributed by atoms with E-state index in [4.69, 9.17) is 0 Å². The highest BCUT2D eigenvalue weighted by Gasteiger charge is 2.35. The lowest BCUT2D eigenvalue weighted by Gasteiger charge is -2.38. The molecule has 0 spiro atoms. The number of hydrogen-bond donors (Lipinski definition) is 0. The molecule has 1 aliphatic heterocycles. The second kappa shape index (κ2) is 6.37. The second-order valence-electron chi connectivity index (χ2n) is 6.00. The minimum atomic E-state index is -2.74. The topological polar surface area (TPSA) is 23.6 Å². The normalized spacial score (nSPS) is 19.7. The van der Waals surface area contributed by atoms with Crippen molar-refractivity contribution in [3.63, 3.8) is 0 Å². The Bertz CT molecular complexity index is 661. The third-order valence-electron chi connectivity index (χ3n) is 4.37. The predicted octanol–water partition coefficient (Wildman–Crippen LogP) is 2.47. The molecular formula is C18H23N2OP. The molecule has 0 aromatic heterocycles. The van der Waals surface area contributed by atoms with Crippen molar-refractivity contribution in [3.8, 4) is 0 Å². The summed E-state index contributed by atoms with van der Waals surface area (Å²) in [5, 5.41) is 1.87. The standard InChI is InChI=1S/C18H23N2OP/c1-16-8-10-18(11-9-16)22(21,17-6-4-3-5-7-17)20-14-12-19(2)13-15-20/h3-11H,12-15H2,1-2H3. The van der Waals surface area contributed by atoms with Crippen molar-refractivity contribution in [3.05, 3.63) is 60.2 Å². The molecule has 1 aliphatic rings. The van der Waals surface area contributed by atoms with Crippen LogP contribution >= 0.6 is 7.29 Å². The van der Waals surface area contributed by atoms with Gasteiger partial charge in [0.05, 0.1) is 0 Å². The molecule has 116 valence electrons. The van der Waals surface area contributed by atoms with Gasteiger partial charge in [0.15, 0.2) is 0 Å². The van der Waals surface area contributed by atoms with Crippen molar-refractivity contribution in [1.82, 2.24) is 9.57 Å². The molecule has 1 fully saturated rings. The van der Waals surface area contributed by atoms with Gasteiger partial charge in [-0.3, -0.25) is 4.57 Å². The lowest BCUT2D eigenvalue weighted by Crippen LogP contribution is -2.46. The average Bonchev–Trinajstić information content (AvgIpc) is 2.56. The lowest BCUT2D eigenvalue weighted by molar-refractivity contribution is 0.224. The molecule has 22 heavy (non-hydrogen) atoms. The van der Waals surface area contributed by atoms with E-state index in [1.807, 2.05) is 42.5 Å². The fourth-order valence-electron chi connectivity index (χ4n) is 2.93. The van der Waals surface area contributed by atoms with E-state index in [0.29, 0.717) is 0 Å². The van der Waals surface area contributed by atoms with Crippen molar-refractivity contribution < 1.29 is 4.57 Å². The Morgan fingerprint density at radius 2 is 1.36 bits per heavy atom. The molecule has 1 saturated heterocycles. The number of nitrogens with zero attached hydrogens (tertiary/aromatic N) is 2. The van der Waals surface area contributed by atoms with E-state index < -0.39 is 7.29 Å². The van der Waals surface area contributed by atoms with Crippen molar-refractivity contribution in [1.29, 1.82) is 0 Å². The van der Waals surface area contributed by atoms with Crippen LogP contribution in [0.15, 0.2) is 54.6 Å². The van der Waals surface area contributed by atoms with Gasteiger partial charge in [-0.25, -0.2) is 4.67 Å². The van der Waals surface area contributed by atoms with Crippen LogP contribution in [0.25, 0.3) is 0 Å². The van der Waals surface area contributed by atoms with Gasteiger partial charge in [-0.1, -0.05) is 35.9 Å². The van der Waals surface area contributed by atoms with Crippen molar-refractivity contribution in [2.45, 2.75) is 6.92 Å². The molecule has 0 bridgehead atoms. The zero-order chi connectivity index (χ0) is 15.6. The quantitative estimate of drug-likeness (QED) is 0.813. The van der Waals surface area contributed by atoms with Crippen LogP contribution in [0.5, 0.6) is 0 Å². The SMILES string of the molecule is Cc1ccc(P(=O)(c2ccccc2)N2CCN(C)CC2)cc1. The summed E-state index contributed by atoms with van der Waals surface area (Å²) in [6, 6.07) is 18.1. The molecule has 1 heterocycles. The summed E-state index contributed by atoms with van der Waals surface area (Å²) in [4.78, 5) is 2.29. The molecule has 0 saturated carbocycles. The van der Waals surface area contributed by atoms with Crippen LogP contribution in [-0.2, 0) is 4.57 Å². The zero-order valence-corrected chi connectivity index (χ0v) is 14.2. The van der Waals surface area contributed by atoms with E-state index in [0.717, 1.165) is 36.8 Å². The second-order valence-corrected chi connectivity index (χ2v) is 8.75. The Morgan fingerprint density at radius 1 is 0.818 bits per heavy atom. The summed E-state index contributed by atoms with van der Waals surface area (Å²) < 4.78 is 16.3. The molecule has 3 rings (SSSR count). The molecule has 1 unspecified atom stereocenters. The van der Waals surface area contributed by atoms with Crippen molar-refractivity contribution in [2.75, 3.05) is 33.2 Å². The monoisotopic (exact) mass is 314 g/mol. The summed E-state index contributed by atoms with van der Waals surface area (Å²) in [7, 11) is -0.617. The third kappa shape index (κ3) is 2.89. The number of piperazine rings is 1. The van der Waals surface area contributed by atoms with Gasteiger partial charge >= 0.3 is 0 Å². The van der Waals surface area contributed by atoms with E-state index in [1.54, 1.807) is 0 Å². The molecule has 0 aliphatic carbocycles. The number of benzene rings is 2. The molecule has 3 nitrogen and oxygen atoms in total. The van der Waals surface area contributed by atoms with Gasteiger partial charge in [0.1, 0.15) is 0 Å². The van der Waals surface area contributed by atoms with Crippen LogP contribution in [0.4, 0.5) is 0 Å². The van der Waals surface area contributed by atoms with Gasteiger partial charge in [-0.2, -0.15) is 0 Å². The summed E-state index contributed by atoms with van der Waals surface area (Å²) >= 11 is 0.